The molecule has 8 heteroatoms. The molecule has 0 aromatic heterocycles. The average Bonchev–Trinajstić information content (AvgIpc) is 2.74. The van der Waals surface area contributed by atoms with Gasteiger partial charge < -0.3 is 19.9 Å². The third-order valence-electron chi connectivity index (χ3n) is 5.35. The van der Waals surface area contributed by atoms with Crippen LogP contribution in [-0.4, -0.2) is 87.9 Å². The minimum absolute atomic E-state index is 0. The van der Waals surface area contributed by atoms with Gasteiger partial charge >= 0.3 is 0 Å². The predicted octanol–water partition coefficient (Wildman–Crippen LogP) is 2.64. The van der Waals surface area contributed by atoms with Gasteiger partial charge in [-0.2, -0.15) is 0 Å². The number of piperazine rings is 1. The number of halogens is 2. The summed E-state index contributed by atoms with van der Waals surface area (Å²) in [6.07, 6.45) is 2.29. The minimum atomic E-state index is -0.183. The second-order valence-corrected chi connectivity index (χ2v) is 7.35. The maximum atomic E-state index is 13.1. The summed E-state index contributed by atoms with van der Waals surface area (Å²) in [6.45, 7) is 12.6. The second kappa shape index (κ2) is 13.2. The number of benzene rings is 1. The number of aliphatic imine (C=N–C) groups is 1. The van der Waals surface area contributed by atoms with Crippen LogP contribution in [0.25, 0.3) is 0 Å². The van der Waals surface area contributed by atoms with E-state index in [0.717, 1.165) is 90.2 Å². The standard InChI is InChI=1S/C21H34FN5O.HI/c1-2-23-21(24-9-3-4-10-25-15-17-28-18-16-25)27-13-11-26(12-14-27)20-7-5-19(22)6-8-20;/h5-8H,2-4,9-18H2,1H3,(H,23,24);1H. The van der Waals surface area contributed by atoms with E-state index in [1.54, 1.807) is 0 Å². The maximum Gasteiger partial charge on any atom is 0.194 e. The van der Waals surface area contributed by atoms with Gasteiger partial charge in [0.25, 0.3) is 0 Å². The van der Waals surface area contributed by atoms with E-state index in [9.17, 15) is 4.39 Å². The molecule has 2 fully saturated rings. The van der Waals surface area contributed by atoms with Gasteiger partial charge in [0.2, 0.25) is 0 Å². The minimum Gasteiger partial charge on any atom is -0.379 e. The number of unbranched alkanes of at least 4 members (excludes halogenated alkanes) is 1. The first kappa shape index (κ1) is 24.1. The van der Waals surface area contributed by atoms with Crippen molar-refractivity contribution in [2.75, 3.05) is 77.0 Å². The molecule has 164 valence electrons. The Morgan fingerprint density at radius 1 is 1.03 bits per heavy atom. The smallest absolute Gasteiger partial charge is 0.194 e. The fraction of sp³-hybridized carbons (Fsp3) is 0.667. The Hall–Kier alpha value is -1.13. The molecular weight excluding hydrogens is 484 g/mol. The average molecular weight is 519 g/mol. The normalized spacial score (nSPS) is 18.5. The molecule has 2 saturated heterocycles. The summed E-state index contributed by atoms with van der Waals surface area (Å²) in [5.41, 5.74) is 1.09. The Kier molecular flexibility index (Phi) is 11.0. The van der Waals surface area contributed by atoms with Crippen LogP contribution >= 0.6 is 24.0 Å². The highest BCUT2D eigenvalue weighted by atomic mass is 127. The fourth-order valence-corrected chi connectivity index (χ4v) is 3.71. The highest BCUT2D eigenvalue weighted by Crippen LogP contribution is 2.17. The molecule has 0 atom stereocenters. The van der Waals surface area contributed by atoms with Gasteiger partial charge in [-0.1, -0.05) is 0 Å². The highest BCUT2D eigenvalue weighted by Gasteiger charge is 2.19. The van der Waals surface area contributed by atoms with E-state index in [0.29, 0.717) is 0 Å². The molecule has 0 unspecified atom stereocenters. The summed E-state index contributed by atoms with van der Waals surface area (Å²) in [6, 6.07) is 6.78. The number of rotatable bonds is 7. The van der Waals surface area contributed by atoms with Crippen LogP contribution in [0.5, 0.6) is 0 Å². The van der Waals surface area contributed by atoms with Crippen LogP contribution in [0, 0.1) is 5.82 Å². The zero-order chi connectivity index (χ0) is 19.6. The van der Waals surface area contributed by atoms with Crippen molar-refractivity contribution in [3.05, 3.63) is 30.1 Å². The van der Waals surface area contributed by atoms with Crippen LogP contribution in [0.15, 0.2) is 29.3 Å². The zero-order valence-corrected chi connectivity index (χ0v) is 19.8. The van der Waals surface area contributed by atoms with Crippen molar-refractivity contribution in [2.24, 2.45) is 4.99 Å². The van der Waals surface area contributed by atoms with Gasteiger partial charge in [0.15, 0.2) is 5.96 Å². The summed E-state index contributed by atoms with van der Waals surface area (Å²) in [5.74, 6) is 0.838. The van der Waals surface area contributed by atoms with Crippen LogP contribution in [0.3, 0.4) is 0 Å². The number of hydrogen-bond donors (Lipinski definition) is 1. The van der Waals surface area contributed by atoms with E-state index in [2.05, 4.69) is 26.9 Å². The molecule has 6 nitrogen and oxygen atoms in total. The van der Waals surface area contributed by atoms with Crippen LogP contribution in [0.4, 0.5) is 10.1 Å². The molecule has 2 aliphatic rings. The van der Waals surface area contributed by atoms with Gasteiger partial charge in [0.05, 0.1) is 13.2 Å². The van der Waals surface area contributed by atoms with Gasteiger partial charge in [0, 0.05) is 58.0 Å². The Labute approximate surface area is 191 Å². The molecule has 0 spiro atoms. The third kappa shape index (κ3) is 7.90. The van der Waals surface area contributed by atoms with Crippen molar-refractivity contribution in [1.82, 2.24) is 15.1 Å². The molecule has 0 aliphatic carbocycles. The van der Waals surface area contributed by atoms with Crippen LogP contribution in [0.2, 0.25) is 0 Å². The summed E-state index contributed by atoms with van der Waals surface area (Å²) < 4.78 is 18.5. The van der Waals surface area contributed by atoms with Crippen molar-refractivity contribution in [3.63, 3.8) is 0 Å². The molecule has 1 aromatic carbocycles. The number of nitrogens with zero attached hydrogens (tertiary/aromatic N) is 4. The SMILES string of the molecule is CCNC(=NCCCCN1CCOCC1)N1CCN(c2ccc(F)cc2)CC1.I. The van der Waals surface area contributed by atoms with Crippen molar-refractivity contribution < 1.29 is 9.13 Å². The Morgan fingerprint density at radius 3 is 2.38 bits per heavy atom. The molecule has 1 aromatic rings. The molecule has 0 bridgehead atoms. The lowest BCUT2D eigenvalue weighted by Crippen LogP contribution is -2.52. The zero-order valence-electron chi connectivity index (χ0n) is 17.5. The number of anilines is 1. The quantitative estimate of drug-likeness (QED) is 0.260. The molecule has 3 rings (SSSR count). The lowest BCUT2D eigenvalue weighted by molar-refractivity contribution is 0.0373. The van der Waals surface area contributed by atoms with Gasteiger partial charge in [-0.25, -0.2) is 4.39 Å². The van der Waals surface area contributed by atoms with Crippen LogP contribution in [-0.2, 0) is 4.74 Å². The topological polar surface area (TPSA) is 43.3 Å². The third-order valence-corrected chi connectivity index (χ3v) is 5.35. The Balaban J connectivity index is 0.00000300. The van der Waals surface area contributed by atoms with E-state index in [-0.39, 0.29) is 29.8 Å². The number of hydrogen-bond acceptors (Lipinski definition) is 4. The van der Waals surface area contributed by atoms with Gasteiger partial charge in [-0.05, 0) is 50.6 Å². The van der Waals surface area contributed by atoms with E-state index < -0.39 is 0 Å². The van der Waals surface area contributed by atoms with E-state index in [1.807, 2.05) is 12.1 Å². The number of morpholine rings is 1. The highest BCUT2D eigenvalue weighted by molar-refractivity contribution is 14.0. The van der Waals surface area contributed by atoms with Gasteiger partial charge in [-0.3, -0.25) is 9.89 Å². The van der Waals surface area contributed by atoms with E-state index in [1.165, 1.54) is 18.6 Å². The summed E-state index contributed by atoms with van der Waals surface area (Å²) in [7, 11) is 0. The number of ether oxygens (including phenoxy) is 1. The Bertz CT molecular complexity index is 602. The van der Waals surface area contributed by atoms with Gasteiger partial charge in [-0.15, -0.1) is 24.0 Å². The summed E-state index contributed by atoms with van der Waals surface area (Å²) in [4.78, 5) is 12.0. The number of nitrogens with one attached hydrogen (secondary N) is 1. The fourth-order valence-electron chi connectivity index (χ4n) is 3.71. The molecule has 2 heterocycles. The molecule has 0 amide bonds. The van der Waals surface area contributed by atoms with Crippen molar-refractivity contribution in [1.29, 1.82) is 0 Å². The van der Waals surface area contributed by atoms with Crippen LogP contribution in [0.1, 0.15) is 19.8 Å². The van der Waals surface area contributed by atoms with E-state index in [4.69, 9.17) is 9.73 Å². The summed E-state index contributed by atoms with van der Waals surface area (Å²) >= 11 is 0. The lowest BCUT2D eigenvalue weighted by atomic mass is 10.2. The summed E-state index contributed by atoms with van der Waals surface area (Å²) in [5, 5.41) is 3.44. The predicted molar refractivity (Wildman–Crippen MR) is 128 cm³/mol. The van der Waals surface area contributed by atoms with Gasteiger partial charge in [0.1, 0.15) is 5.82 Å². The van der Waals surface area contributed by atoms with Crippen LogP contribution < -0.4 is 10.2 Å². The number of guanidine groups is 1. The molecule has 29 heavy (non-hydrogen) atoms. The Morgan fingerprint density at radius 2 is 1.72 bits per heavy atom. The first-order valence-electron chi connectivity index (χ1n) is 10.6. The van der Waals surface area contributed by atoms with E-state index >= 15 is 0 Å². The molecule has 1 N–H and O–H groups in total. The van der Waals surface area contributed by atoms with Crippen molar-refractivity contribution in [2.45, 2.75) is 19.8 Å². The monoisotopic (exact) mass is 519 g/mol. The first-order chi connectivity index (χ1) is 13.8. The molecule has 0 saturated carbocycles. The largest absolute Gasteiger partial charge is 0.379 e. The lowest BCUT2D eigenvalue weighted by Gasteiger charge is -2.37. The molecular formula is C21H35FIN5O. The maximum absolute atomic E-state index is 13.1. The molecule has 2 aliphatic heterocycles. The first-order valence-corrected chi connectivity index (χ1v) is 10.6. The van der Waals surface area contributed by atoms with Crippen molar-refractivity contribution >= 4 is 35.6 Å². The van der Waals surface area contributed by atoms with Crippen molar-refractivity contribution in [3.8, 4) is 0 Å². The second-order valence-electron chi connectivity index (χ2n) is 7.35. The molecule has 0 radical (unpaired) electrons.